The minimum Gasteiger partial charge on any atom is -0.435 e. The molecule has 22 heavy (non-hydrogen) atoms. The number of carbonyl (C=O) groups is 1. The number of halogens is 3. The van der Waals surface area contributed by atoms with E-state index in [0.29, 0.717) is 12.5 Å². The second-order valence-electron chi connectivity index (χ2n) is 5.33. The Labute approximate surface area is 135 Å². The lowest BCUT2D eigenvalue weighted by atomic mass is 10.0. The summed E-state index contributed by atoms with van der Waals surface area (Å²) in [7, 11) is 0. The number of rotatable bonds is 8. The summed E-state index contributed by atoms with van der Waals surface area (Å²) in [5, 5.41) is 2.88. The highest BCUT2D eigenvalue weighted by Crippen LogP contribution is 2.15. The first-order valence-corrected chi connectivity index (χ1v) is 6.94. The molecule has 1 unspecified atom stereocenters. The maximum absolute atomic E-state index is 12.0. The van der Waals surface area contributed by atoms with Crippen molar-refractivity contribution in [1.29, 1.82) is 0 Å². The van der Waals surface area contributed by atoms with Crippen molar-refractivity contribution < 1.29 is 18.3 Å². The molecular formula is C15H23ClF2N2O2. The Morgan fingerprint density at radius 3 is 2.32 bits per heavy atom. The van der Waals surface area contributed by atoms with E-state index >= 15 is 0 Å². The van der Waals surface area contributed by atoms with Crippen LogP contribution in [0.5, 0.6) is 5.75 Å². The molecule has 0 aliphatic rings. The number of hydrogen-bond acceptors (Lipinski definition) is 3. The summed E-state index contributed by atoms with van der Waals surface area (Å²) in [6, 6.07) is 5.99. The Balaban J connectivity index is 0.00000441. The molecule has 4 nitrogen and oxygen atoms in total. The zero-order valence-electron chi connectivity index (χ0n) is 12.7. The van der Waals surface area contributed by atoms with E-state index in [1.807, 2.05) is 0 Å². The average Bonchev–Trinajstić information content (AvgIpc) is 2.39. The minimum atomic E-state index is -2.85. The molecule has 0 saturated carbocycles. The molecule has 0 aliphatic heterocycles. The Morgan fingerprint density at radius 1 is 1.27 bits per heavy atom. The van der Waals surface area contributed by atoms with E-state index in [1.165, 1.54) is 12.1 Å². The summed E-state index contributed by atoms with van der Waals surface area (Å²) in [4.78, 5) is 11.9. The largest absolute Gasteiger partial charge is 0.435 e. The number of alkyl halides is 2. The van der Waals surface area contributed by atoms with Crippen LogP contribution < -0.4 is 15.8 Å². The fourth-order valence-corrected chi connectivity index (χ4v) is 2.04. The van der Waals surface area contributed by atoms with Gasteiger partial charge in [-0.25, -0.2) is 0 Å². The number of hydrogen-bond donors (Lipinski definition) is 2. The molecule has 7 heteroatoms. The summed E-state index contributed by atoms with van der Waals surface area (Å²) in [6.07, 6.45) is 1.01. The molecule has 126 valence electrons. The highest BCUT2D eigenvalue weighted by Gasteiger charge is 2.13. The van der Waals surface area contributed by atoms with Crippen molar-refractivity contribution in [3.63, 3.8) is 0 Å². The van der Waals surface area contributed by atoms with Crippen molar-refractivity contribution in [2.45, 2.75) is 39.3 Å². The van der Waals surface area contributed by atoms with E-state index in [1.54, 1.807) is 12.1 Å². The number of nitrogens with two attached hydrogens (primary N) is 1. The third-order valence-electron chi connectivity index (χ3n) is 2.92. The normalized spacial score (nSPS) is 12.0. The predicted octanol–water partition coefficient (Wildman–Crippen LogP) is 2.74. The zero-order chi connectivity index (χ0) is 15.8. The molecular weight excluding hydrogens is 314 g/mol. The van der Waals surface area contributed by atoms with Gasteiger partial charge < -0.3 is 15.8 Å². The first-order valence-electron chi connectivity index (χ1n) is 6.94. The highest BCUT2D eigenvalue weighted by atomic mass is 35.5. The summed E-state index contributed by atoms with van der Waals surface area (Å²) in [6.45, 7) is 1.68. The first-order chi connectivity index (χ1) is 9.90. The molecule has 1 aromatic carbocycles. The Morgan fingerprint density at radius 2 is 1.86 bits per heavy atom. The fraction of sp³-hybridized carbons (Fsp3) is 0.533. The van der Waals surface area contributed by atoms with Crippen LogP contribution in [0.4, 0.5) is 8.78 Å². The third-order valence-corrected chi connectivity index (χ3v) is 2.92. The first kappa shape index (κ1) is 20.6. The summed E-state index contributed by atoms with van der Waals surface area (Å²) in [5.74, 6) is 0.395. The van der Waals surface area contributed by atoms with Gasteiger partial charge in [0, 0.05) is 12.6 Å². The van der Waals surface area contributed by atoms with Gasteiger partial charge in [0.2, 0.25) is 5.91 Å². The topological polar surface area (TPSA) is 64.3 Å². The fourth-order valence-electron chi connectivity index (χ4n) is 2.04. The second-order valence-corrected chi connectivity index (χ2v) is 5.33. The molecule has 0 bridgehead atoms. The second kappa shape index (κ2) is 10.3. The molecule has 1 aromatic rings. The Bertz CT molecular complexity index is 442. The number of nitrogens with one attached hydrogen (secondary N) is 1. The lowest BCUT2D eigenvalue weighted by molar-refractivity contribution is -0.121. The molecule has 0 heterocycles. The minimum absolute atomic E-state index is 0. The molecule has 0 aromatic heterocycles. The molecule has 0 saturated heterocycles. The summed E-state index contributed by atoms with van der Waals surface area (Å²) < 4.78 is 28.3. The molecule has 0 radical (unpaired) electrons. The number of carbonyl (C=O) groups excluding carboxylic acids is 1. The predicted molar refractivity (Wildman–Crippen MR) is 84.5 cm³/mol. The smallest absolute Gasteiger partial charge is 0.387 e. The van der Waals surface area contributed by atoms with Crippen molar-refractivity contribution in [2.24, 2.45) is 11.7 Å². The van der Waals surface area contributed by atoms with Gasteiger partial charge in [0.1, 0.15) is 5.75 Å². The van der Waals surface area contributed by atoms with Gasteiger partial charge in [0.05, 0.1) is 6.42 Å². The number of amides is 1. The van der Waals surface area contributed by atoms with Crippen LogP contribution in [0, 0.1) is 5.92 Å². The monoisotopic (exact) mass is 336 g/mol. The van der Waals surface area contributed by atoms with Crippen LogP contribution >= 0.6 is 12.4 Å². The SMILES string of the molecule is CC(C)CC(CN)NC(=O)Cc1ccc(OC(F)F)cc1.Cl. The maximum Gasteiger partial charge on any atom is 0.387 e. The van der Waals surface area contributed by atoms with Crippen molar-refractivity contribution in [1.82, 2.24) is 5.32 Å². The van der Waals surface area contributed by atoms with Gasteiger partial charge in [-0.3, -0.25) is 4.79 Å². The van der Waals surface area contributed by atoms with Crippen LogP contribution in [0.25, 0.3) is 0 Å². The van der Waals surface area contributed by atoms with Crippen LogP contribution in [0.3, 0.4) is 0 Å². The maximum atomic E-state index is 12.0. The zero-order valence-corrected chi connectivity index (χ0v) is 13.5. The van der Waals surface area contributed by atoms with E-state index in [4.69, 9.17) is 5.73 Å². The van der Waals surface area contributed by atoms with Gasteiger partial charge in [-0.05, 0) is 30.0 Å². The molecule has 0 fully saturated rings. The molecule has 0 spiro atoms. The Hall–Kier alpha value is -1.40. The molecule has 1 rings (SSSR count). The Kier molecular flexibility index (Phi) is 9.69. The molecule has 1 atom stereocenters. The van der Waals surface area contributed by atoms with E-state index in [2.05, 4.69) is 23.9 Å². The van der Waals surface area contributed by atoms with Crippen LogP contribution in [-0.4, -0.2) is 25.1 Å². The van der Waals surface area contributed by atoms with Crippen molar-refractivity contribution >= 4 is 18.3 Å². The summed E-state index contributed by atoms with van der Waals surface area (Å²) in [5.41, 5.74) is 6.36. The van der Waals surface area contributed by atoms with Gasteiger partial charge in [-0.15, -0.1) is 12.4 Å². The van der Waals surface area contributed by atoms with Crippen LogP contribution in [-0.2, 0) is 11.2 Å². The van der Waals surface area contributed by atoms with E-state index in [0.717, 1.165) is 12.0 Å². The molecule has 1 amide bonds. The van der Waals surface area contributed by atoms with Crippen molar-refractivity contribution in [3.05, 3.63) is 29.8 Å². The number of ether oxygens (including phenoxy) is 1. The average molecular weight is 337 g/mol. The van der Waals surface area contributed by atoms with Crippen LogP contribution in [0.1, 0.15) is 25.8 Å². The van der Waals surface area contributed by atoms with E-state index < -0.39 is 6.61 Å². The van der Waals surface area contributed by atoms with E-state index in [-0.39, 0.29) is 36.5 Å². The lowest BCUT2D eigenvalue weighted by Crippen LogP contribution is -2.41. The molecule has 0 aliphatic carbocycles. The number of benzene rings is 1. The van der Waals surface area contributed by atoms with Gasteiger partial charge >= 0.3 is 6.61 Å². The quantitative estimate of drug-likeness (QED) is 0.767. The van der Waals surface area contributed by atoms with Gasteiger partial charge in [-0.1, -0.05) is 26.0 Å². The van der Waals surface area contributed by atoms with Crippen LogP contribution in [0.2, 0.25) is 0 Å². The van der Waals surface area contributed by atoms with Crippen molar-refractivity contribution in [3.8, 4) is 5.75 Å². The van der Waals surface area contributed by atoms with Gasteiger partial charge in [0.25, 0.3) is 0 Å². The summed E-state index contributed by atoms with van der Waals surface area (Å²) >= 11 is 0. The lowest BCUT2D eigenvalue weighted by Gasteiger charge is -2.18. The standard InChI is InChI=1S/C15H22F2N2O2.ClH/c1-10(2)7-12(9-18)19-14(20)8-11-3-5-13(6-4-11)21-15(16)17;/h3-6,10,12,15H,7-9,18H2,1-2H3,(H,19,20);1H. The van der Waals surface area contributed by atoms with Gasteiger partial charge in [-0.2, -0.15) is 8.78 Å². The molecule has 3 N–H and O–H groups in total. The van der Waals surface area contributed by atoms with Crippen LogP contribution in [0.15, 0.2) is 24.3 Å². The van der Waals surface area contributed by atoms with Gasteiger partial charge in [0.15, 0.2) is 0 Å². The van der Waals surface area contributed by atoms with Crippen molar-refractivity contribution in [2.75, 3.05) is 6.54 Å². The highest BCUT2D eigenvalue weighted by molar-refractivity contribution is 5.85. The third kappa shape index (κ3) is 8.14. The van der Waals surface area contributed by atoms with E-state index in [9.17, 15) is 13.6 Å².